The first-order valence-electron chi connectivity index (χ1n) is 8.32. The zero-order valence-corrected chi connectivity index (χ0v) is 14.3. The Bertz CT molecular complexity index is 542. The summed E-state index contributed by atoms with van der Waals surface area (Å²) in [5.74, 6) is -0.643. The second-order valence-corrected chi connectivity index (χ2v) is 6.58. The van der Waals surface area contributed by atoms with Gasteiger partial charge in [0.25, 0.3) is 0 Å². The van der Waals surface area contributed by atoms with Gasteiger partial charge in [-0.1, -0.05) is 17.7 Å². The van der Waals surface area contributed by atoms with Crippen LogP contribution >= 0.6 is 11.6 Å². The molecule has 1 aliphatic rings. The molecule has 1 aromatic rings. The Balaban J connectivity index is 1.72. The number of carbonyl (C=O) groups excluding carboxylic acids is 1. The van der Waals surface area contributed by atoms with Crippen LogP contribution in [-0.2, 0) is 4.79 Å². The van der Waals surface area contributed by atoms with Gasteiger partial charge >= 0.3 is 0 Å². The number of piperidine rings is 1. The number of hydrogen-bond acceptors (Lipinski definition) is 1. The van der Waals surface area contributed by atoms with E-state index in [1.807, 2.05) is 0 Å². The van der Waals surface area contributed by atoms with Crippen molar-refractivity contribution in [1.29, 1.82) is 0 Å². The van der Waals surface area contributed by atoms with Crippen LogP contribution in [0.5, 0.6) is 0 Å². The molecular weight excluding hydrogens is 315 g/mol. The third-order valence-corrected chi connectivity index (χ3v) is 4.79. The summed E-state index contributed by atoms with van der Waals surface area (Å²) in [4.78, 5) is 13.4. The van der Waals surface area contributed by atoms with E-state index < -0.39 is 5.82 Å². The number of hydrogen-bond donors (Lipinski definition) is 2. The minimum atomic E-state index is -0.427. The lowest BCUT2D eigenvalue weighted by Gasteiger charge is -2.30. The van der Waals surface area contributed by atoms with Crippen LogP contribution in [-0.4, -0.2) is 31.6 Å². The van der Waals surface area contributed by atoms with Crippen molar-refractivity contribution < 1.29 is 14.1 Å². The molecule has 1 aromatic carbocycles. The Morgan fingerprint density at radius 1 is 1.48 bits per heavy atom. The zero-order chi connectivity index (χ0) is 16.7. The van der Waals surface area contributed by atoms with Crippen LogP contribution in [0.25, 0.3) is 6.08 Å². The summed E-state index contributed by atoms with van der Waals surface area (Å²) in [7, 11) is 0. The van der Waals surface area contributed by atoms with Gasteiger partial charge in [-0.2, -0.15) is 0 Å². The van der Waals surface area contributed by atoms with E-state index in [0.29, 0.717) is 11.6 Å². The number of rotatable bonds is 6. The monoisotopic (exact) mass is 339 g/mol. The molecule has 1 saturated heterocycles. The Kier molecular flexibility index (Phi) is 7.06. The molecule has 0 aliphatic carbocycles. The first-order valence-corrected chi connectivity index (χ1v) is 8.70. The van der Waals surface area contributed by atoms with Crippen molar-refractivity contribution in [1.82, 2.24) is 5.32 Å². The van der Waals surface area contributed by atoms with Gasteiger partial charge in [0.2, 0.25) is 5.91 Å². The highest BCUT2D eigenvalue weighted by Gasteiger charge is 2.20. The first-order chi connectivity index (χ1) is 11.1. The van der Waals surface area contributed by atoms with Gasteiger partial charge in [0, 0.05) is 24.6 Å². The van der Waals surface area contributed by atoms with Gasteiger partial charge in [0.15, 0.2) is 0 Å². The van der Waals surface area contributed by atoms with Gasteiger partial charge in [-0.3, -0.25) is 4.79 Å². The van der Waals surface area contributed by atoms with Crippen LogP contribution in [0.15, 0.2) is 24.3 Å². The molecule has 0 spiro atoms. The van der Waals surface area contributed by atoms with Crippen LogP contribution in [0, 0.1) is 5.82 Å². The van der Waals surface area contributed by atoms with E-state index in [1.165, 1.54) is 44.0 Å². The summed E-state index contributed by atoms with van der Waals surface area (Å²) >= 11 is 5.91. The summed E-state index contributed by atoms with van der Waals surface area (Å²) in [6.07, 6.45) is 7.65. The van der Waals surface area contributed by atoms with Gasteiger partial charge in [-0.15, -0.1) is 0 Å². The molecule has 1 aliphatic heterocycles. The summed E-state index contributed by atoms with van der Waals surface area (Å²) in [6, 6.07) is 5.19. The first kappa shape index (κ1) is 18.0. The molecule has 0 aromatic heterocycles. The molecule has 0 saturated carbocycles. The van der Waals surface area contributed by atoms with Gasteiger partial charge < -0.3 is 10.2 Å². The molecule has 5 heteroatoms. The van der Waals surface area contributed by atoms with E-state index >= 15 is 0 Å². The highest BCUT2D eigenvalue weighted by Crippen LogP contribution is 2.20. The molecule has 0 bridgehead atoms. The summed E-state index contributed by atoms with van der Waals surface area (Å²) in [5.41, 5.74) is 0.246. The summed E-state index contributed by atoms with van der Waals surface area (Å²) in [5, 5.41) is 3.14. The molecule has 2 rings (SSSR count). The molecule has 2 atom stereocenters. The second-order valence-electron chi connectivity index (χ2n) is 6.17. The fraction of sp³-hybridized carbons (Fsp3) is 0.500. The van der Waals surface area contributed by atoms with Crippen molar-refractivity contribution in [3.63, 3.8) is 0 Å². The van der Waals surface area contributed by atoms with Gasteiger partial charge in [-0.25, -0.2) is 4.39 Å². The average molecular weight is 340 g/mol. The third kappa shape index (κ3) is 5.63. The maximum Gasteiger partial charge on any atom is 0.244 e. The summed E-state index contributed by atoms with van der Waals surface area (Å²) in [6.45, 7) is 5.27. The molecule has 126 valence electrons. The number of nitrogens with one attached hydrogen (secondary N) is 2. The van der Waals surface area contributed by atoms with Crippen LogP contribution in [0.4, 0.5) is 4.39 Å². The largest absolute Gasteiger partial charge is 0.352 e. The molecule has 3 nitrogen and oxygen atoms in total. The molecular formula is C18H25ClFN2O+. The van der Waals surface area contributed by atoms with Crippen LogP contribution < -0.4 is 10.2 Å². The van der Waals surface area contributed by atoms with Crippen molar-refractivity contribution >= 4 is 23.6 Å². The molecule has 1 fully saturated rings. The molecule has 1 amide bonds. The molecule has 2 N–H and O–H groups in total. The minimum Gasteiger partial charge on any atom is -0.352 e. The van der Waals surface area contributed by atoms with Crippen LogP contribution in [0.2, 0.25) is 5.02 Å². The van der Waals surface area contributed by atoms with E-state index in [0.717, 1.165) is 19.0 Å². The predicted octanol–water partition coefficient (Wildman–Crippen LogP) is 2.46. The van der Waals surface area contributed by atoms with Crippen LogP contribution in [0.3, 0.4) is 0 Å². The predicted molar refractivity (Wildman–Crippen MR) is 92.1 cm³/mol. The average Bonchev–Trinajstić information content (AvgIpc) is 2.52. The Morgan fingerprint density at radius 2 is 2.30 bits per heavy atom. The smallest absolute Gasteiger partial charge is 0.244 e. The maximum atomic E-state index is 13.6. The molecule has 23 heavy (non-hydrogen) atoms. The Hall–Kier alpha value is -1.39. The normalized spacial score (nSPS) is 21.5. The summed E-state index contributed by atoms with van der Waals surface area (Å²) < 4.78 is 13.6. The number of benzene rings is 1. The van der Waals surface area contributed by atoms with Crippen LogP contribution in [0.1, 0.15) is 38.2 Å². The van der Waals surface area contributed by atoms with E-state index in [9.17, 15) is 9.18 Å². The van der Waals surface area contributed by atoms with E-state index in [4.69, 9.17) is 11.6 Å². The topological polar surface area (TPSA) is 33.5 Å². The van der Waals surface area contributed by atoms with Crippen molar-refractivity contribution in [3.8, 4) is 0 Å². The number of amides is 1. The molecule has 1 heterocycles. The SMILES string of the molecule is C[C@@H]1CCCC[NH+]1CCCNC(=O)/C=C/c1c(F)cccc1Cl. The quantitative estimate of drug-likeness (QED) is 0.606. The van der Waals surface area contributed by atoms with E-state index in [1.54, 1.807) is 17.0 Å². The van der Waals surface area contributed by atoms with Crippen molar-refractivity contribution in [2.45, 2.75) is 38.6 Å². The third-order valence-electron chi connectivity index (χ3n) is 4.46. The van der Waals surface area contributed by atoms with Gasteiger partial charge in [0.1, 0.15) is 5.82 Å². The zero-order valence-electron chi connectivity index (χ0n) is 13.6. The number of carbonyl (C=O) groups is 1. The van der Waals surface area contributed by atoms with E-state index in [-0.39, 0.29) is 11.5 Å². The maximum absolute atomic E-state index is 13.6. The second kappa shape index (κ2) is 9.04. The lowest BCUT2D eigenvalue weighted by Crippen LogP contribution is -3.16. The standard InChI is InChI=1S/C18H24ClFN2O/c1-14-6-2-3-12-22(14)13-5-11-21-18(23)10-9-15-16(19)7-4-8-17(15)20/h4,7-10,14H,2-3,5-6,11-13H2,1H3,(H,21,23)/p+1/b10-9+/t14-/m1/s1. The minimum absolute atomic E-state index is 0.217. The highest BCUT2D eigenvalue weighted by molar-refractivity contribution is 6.32. The fourth-order valence-electron chi connectivity index (χ4n) is 3.04. The number of quaternary nitrogens is 1. The number of likely N-dealkylation sites (tertiary alicyclic amines) is 1. The fourth-order valence-corrected chi connectivity index (χ4v) is 3.27. The Morgan fingerprint density at radius 3 is 3.04 bits per heavy atom. The molecule has 1 unspecified atom stereocenters. The van der Waals surface area contributed by atoms with Crippen molar-refractivity contribution in [2.24, 2.45) is 0 Å². The van der Waals surface area contributed by atoms with E-state index in [2.05, 4.69) is 12.2 Å². The lowest BCUT2D eigenvalue weighted by atomic mass is 10.0. The van der Waals surface area contributed by atoms with Crippen molar-refractivity contribution in [3.05, 3.63) is 40.7 Å². The van der Waals surface area contributed by atoms with Crippen molar-refractivity contribution in [2.75, 3.05) is 19.6 Å². The van der Waals surface area contributed by atoms with Gasteiger partial charge in [0.05, 0.1) is 24.2 Å². The Labute approximate surface area is 142 Å². The molecule has 0 radical (unpaired) electrons. The lowest BCUT2D eigenvalue weighted by molar-refractivity contribution is -0.928. The number of halogens is 2. The van der Waals surface area contributed by atoms with Gasteiger partial charge in [-0.05, 0) is 44.4 Å². The highest BCUT2D eigenvalue weighted by atomic mass is 35.5.